The third-order valence-electron chi connectivity index (χ3n) is 2.66. The fourth-order valence-electron chi connectivity index (χ4n) is 1.87. The molecule has 2 aromatic rings. The highest BCUT2D eigenvalue weighted by molar-refractivity contribution is 5.69. The molecule has 2 nitrogen and oxygen atoms in total. The largest absolute Gasteiger partial charge is 0.417 e. The fourth-order valence-corrected chi connectivity index (χ4v) is 1.87. The van der Waals surface area contributed by atoms with Crippen molar-refractivity contribution in [2.24, 2.45) is 0 Å². The maximum absolute atomic E-state index is 12.9. The summed E-state index contributed by atoms with van der Waals surface area (Å²) in [5, 5.41) is 0. The van der Waals surface area contributed by atoms with Crippen molar-refractivity contribution in [2.45, 2.75) is 13.1 Å². The first-order valence-corrected chi connectivity index (χ1v) is 5.26. The number of pyridine rings is 1. The quantitative estimate of drug-likeness (QED) is 0.830. The molecule has 1 N–H and O–H groups in total. The van der Waals surface area contributed by atoms with E-state index in [0.29, 0.717) is 5.69 Å². The molecule has 0 amide bonds. The molecule has 0 radical (unpaired) electrons. The van der Waals surface area contributed by atoms with Gasteiger partial charge in [0.25, 0.3) is 0 Å². The second kappa shape index (κ2) is 4.33. The lowest BCUT2D eigenvalue weighted by Gasteiger charge is -2.13. The van der Waals surface area contributed by atoms with Crippen molar-refractivity contribution in [1.29, 1.82) is 0 Å². The van der Waals surface area contributed by atoms with Gasteiger partial charge in [-0.25, -0.2) is 0 Å². The van der Waals surface area contributed by atoms with Gasteiger partial charge >= 0.3 is 6.18 Å². The van der Waals surface area contributed by atoms with E-state index in [0.717, 1.165) is 6.07 Å². The van der Waals surface area contributed by atoms with Crippen LogP contribution in [-0.2, 0) is 6.18 Å². The van der Waals surface area contributed by atoms with Crippen LogP contribution in [0.3, 0.4) is 0 Å². The Labute approximate surface area is 101 Å². The van der Waals surface area contributed by atoms with Crippen LogP contribution in [0.4, 0.5) is 13.2 Å². The van der Waals surface area contributed by atoms with Crippen molar-refractivity contribution >= 4 is 0 Å². The minimum atomic E-state index is -4.48. The lowest BCUT2D eigenvalue weighted by Crippen LogP contribution is -2.12. The molecule has 0 unspecified atom stereocenters. The second-order valence-corrected chi connectivity index (χ2v) is 3.89. The first kappa shape index (κ1) is 12.4. The summed E-state index contributed by atoms with van der Waals surface area (Å²) < 4.78 is 38.7. The number of H-pyrrole nitrogens is 1. The topological polar surface area (TPSA) is 32.9 Å². The predicted octanol–water partition coefficient (Wildman–Crippen LogP) is 3.37. The van der Waals surface area contributed by atoms with Crippen molar-refractivity contribution in [2.75, 3.05) is 0 Å². The molecule has 0 aliphatic rings. The summed E-state index contributed by atoms with van der Waals surface area (Å²) in [5.41, 5.74) is -0.846. The van der Waals surface area contributed by atoms with E-state index in [1.54, 1.807) is 6.92 Å². The molecule has 1 aromatic carbocycles. The Hall–Kier alpha value is -2.04. The monoisotopic (exact) mass is 253 g/mol. The van der Waals surface area contributed by atoms with Crippen molar-refractivity contribution in [3.8, 4) is 11.1 Å². The molecule has 0 saturated heterocycles. The molecule has 0 aliphatic carbocycles. The van der Waals surface area contributed by atoms with Crippen molar-refractivity contribution in [3.05, 3.63) is 58.0 Å². The summed E-state index contributed by atoms with van der Waals surface area (Å²) in [7, 11) is 0. The maximum atomic E-state index is 12.9. The number of rotatable bonds is 1. The Morgan fingerprint density at radius 1 is 1.11 bits per heavy atom. The summed E-state index contributed by atoms with van der Waals surface area (Å²) in [5.74, 6) is 0. The lowest BCUT2D eigenvalue weighted by molar-refractivity contribution is -0.137. The van der Waals surface area contributed by atoms with Gasteiger partial charge < -0.3 is 4.98 Å². The predicted molar refractivity (Wildman–Crippen MR) is 62.2 cm³/mol. The van der Waals surface area contributed by atoms with Gasteiger partial charge in [-0.15, -0.1) is 0 Å². The third kappa shape index (κ3) is 2.16. The number of aryl methyl sites for hydroxylation is 1. The molecule has 5 heteroatoms. The first-order chi connectivity index (χ1) is 8.41. The Morgan fingerprint density at radius 2 is 1.78 bits per heavy atom. The van der Waals surface area contributed by atoms with Gasteiger partial charge in [-0.3, -0.25) is 4.79 Å². The molecule has 0 atom stereocenters. The minimum Gasteiger partial charge on any atom is -0.364 e. The van der Waals surface area contributed by atoms with Crippen LogP contribution in [0.1, 0.15) is 11.3 Å². The van der Waals surface area contributed by atoms with Crippen LogP contribution in [0.5, 0.6) is 0 Å². The molecule has 0 fully saturated rings. The Morgan fingerprint density at radius 3 is 2.39 bits per heavy atom. The van der Waals surface area contributed by atoms with Crippen LogP contribution < -0.4 is 5.43 Å². The molecular formula is C13H10F3NO. The van der Waals surface area contributed by atoms with Gasteiger partial charge in [-0.05, 0) is 18.6 Å². The van der Waals surface area contributed by atoms with Crippen LogP contribution in [0.15, 0.2) is 41.3 Å². The number of alkyl halides is 3. The van der Waals surface area contributed by atoms with Gasteiger partial charge in [0.1, 0.15) is 0 Å². The van der Waals surface area contributed by atoms with Gasteiger partial charge in [-0.2, -0.15) is 13.2 Å². The summed E-state index contributed by atoms with van der Waals surface area (Å²) in [6.45, 7) is 1.57. The van der Waals surface area contributed by atoms with Crippen molar-refractivity contribution < 1.29 is 13.2 Å². The summed E-state index contributed by atoms with van der Waals surface area (Å²) in [6.07, 6.45) is -3.07. The Balaban J connectivity index is 2.77. The van der Waals surface area contributed by atoms with Gasteiger partial charge in [0.15, 0.2) is 5.43 Å². The van der Waals surface area contributed by atoms with Crippen molar-refractivity contribution in [1.82, 2.24) is 4.98 Å². The average Bonchev–Trinajstić information content (AvgIpc) is 2.28. The smallest absolute Gasteiger partial charge is 0.364 e. The third-order valence-corrected chi connectivity index (χ3v) is 2.66. The maximum Gasteiger partial charge on any atom is 0.417 e. The van der Waals surface area contributed by atoms with E-state index >= 15 is 0 Å². The van der Waals surface area contributed by atoms with E-state index in [-0.39, 0.29) is 11.1 Å². The van der Waals surface area contributed by atoms with E-state index in [4.69, 9.17) is 0 Å². The normalized spacial score (nSPS) is 11.6. The van der Waals surface area contributed by atoms with Gasteiger partial charge in [-0.1, -0.05) is 18.2 Å². The molecule has 18 heavy (non-hydrogen) atoms. The zero-order valence-corrected chi connectivity index (χ0v) is 9.51. The summed E-state index contributed by atoms with van der Waals surface area (Å²) in [4.78, 5) is 14.5. The SMILES string of the molecule is Cc1[nH]ccc(=O)c1-c1ccccc1C(F)(F)F. The number of hydrogen-bond acceptors (Lipinski definition) is 1. The van der Waals surface area contributed by atoms with Crippen molar-refractivity contribution in [3.63, 3.8) is 0 Å². The summed E-state index contributed by atoms with van der Waals surface area (Å²) >= 11 is 0. The number of hydrogen-bond donors (Lipinski definition) is 1. The Kier molecular flexibility index (Phi) is 2.98. The van der Waals surface area contributed by atoms with E-state index in [1.165, 1.54) is 30.5 Å². The van der Waals surface area contributed by atoms with Gasteiger partial charge in [0.05, 0.1) is 5.56 Å². The van der Waals surface area contributed by atoms with Gasteiger partial charge in [0.2, 0.25) is 0 Å². The van der Waals surface area contributed by atoms with E-state index in [1.807, 2.05) is 0 Å². The highest BCUT2D eigenvalue weighted by atomic mass is 19.4. The van der Waals surface area contributed by atoms with E-state index < -0.39 is 17.2 Å². The van der Waals surface area contributed by atoms with Crippen LogP contribution >= 0.6 is 0 Å². The first-order valence-electron chi connectivity index (χ1n) is 5.26. The number of halogens is 3. The Bertz CT molecular complexity index is 629. The number of aromatic nitrogens is 1. The number of aromatic amines is 1. The van der Waals surface area contributed by atoms with Crippen LogP contribution in [0, 0.1) is 6.92 Å². The molecule has 0 bridgehead atoms. The average molecular weight is 253 g/mol. The van der Waals surface area contributed by atoms with Crippen LogP contribution in [-0.4, -0.2) is 4.98 Å². The standard InChI is InChI=1S/C13H10F3NO/c1-8-12(11(18)6-7-17-8)9-4-2-3-5-10(9)13(14,15)16/h2-7H,1H3,(H,17,18). The second-order valence-electron chi connectivity index (χ2n) is 3.89. The van der Waals surface area contributed by atoms with Gasteiger partial charge in [0, 0.05) is 23.5 Å². The highest BCUT2D eigenvalue weighted by Gasteiger charge is 2.34. The number of nitrogens with one attached hydrogen (secondary N) is 1. The van der Waals surface area contributed by atoms with Crippen LogP contribution in [0.2, 0.25) is 0 Å². The highest BCUT2D eigenvalue weighted by Crippen LogP contribution is 2.36. The molecule has 1 aromatic heterocycles. The lowest BCUT2D eigenvalue weighted by atomic mass is 9.98. The molecule has 2 rings (SSSR count). The minimum absolute atomic E-state index is 0.0606. The zero-order valence-electron chi connectivity index (χ0n) is 9.51. The molecule has 0 spiro atoms. The fraction of sp³-hybridized carbons (Fsp3) is 0.154. The molecule has 94 valence electrons. The van der Waals surface area contributed by atoms with E-state index in [2.05, 4.69) is 4.98 Å². The van der Waals surface area contributed by atoms with E-state index in [9.17, 15) is 18.0 Å². The zero-order chi connectivity index (χ0) is 13.3. The molecule has 0 saturated carbocycles. The molecule has 1 heterocycles. The molecular weight excluding hydrogens is 243 g/mol. The summed E-state index contributed by atoms with van der Waals surface area (Å²) in [6, 6.07) is 6.28. The molecule has 0 aliphatic heterocycles. The number of benzene rings is 1. The van der Waals surface area contributed by atoms with Crippen LogP contribution in [0.25, 0.3) is 11.1 Å².